The second kappa shape index (κ2) is 7.27. The predicted octanol–water partition coefficient (Wildman–Crippen LogP) is 5.54. The van der Waals surface area contributed by atoms with Crippen LogP contribution in [0.5, 0.6) is 11.5 Å². The zero-order chi connectivity index (χ0) is 23.0. The van der Waals surface area contributed by atoms with Gasteiger partial charge in [0.1, 0.15) is 17.1 Å². The smallest absolute Gasteiger partial charge is 0.127 e. The first-order valence-electron chi connectivity index (χ1n) is 12.6. The van der Waals surface area contributed by atoms with Gasteiger partial charge in [-0.25, -0.2) is 0 Å². The van der Waals surface area contributed by atoms with Crippen LogP contribution in [0.4, 0.5) is 0 Å². The molecule has 1 aromatic carbocycles. The summed E-state index contributed by atoms with van der Waals surface area (Å²) in [5.41, 5.74) is 9.69. The molecule has 3 saturated carbocycles. The summed E-state index contributed by atoms with van der Waals surface area (Å²) in [4.78, 5) is 3.01. The van der Waals surface area contributed by atoms with E-state index in [2.05, 4.69) is 29.9 Å². The molecule has 0 spiro atoms. The van der Waals surface area contributed by atoms with E-state index in [0.29, 0.717) is 30.0 Å². The maximum absolute atomic E-state index is 11.3. The van der Waals surface area contributed by atoms with Crippen LogP contribution in [0.15, 0.2) is 17.2 Å². The van der Waals surface area contributed by atoms with E-state index in [1.807, 2.05) is 6.07 Å². The van der Waals surface area contributed by atoms with E-state index in [1.165, 1.54) is 6.42 Å². The fourth-order valence-corrected chi connectivity index (χ4v) is 8.56. The van der Waals surface area contributed by atoms with Crippen LogP contribution in [0, 0.1) is 23.7 Å². The van der Waals surface area contributed by atoms with Crippen molar-refractivity contribution in [2.75, 3.05) is 13.2 Å². The quantitative estimate of drug-likeness (QED) is 0.354. The number of rotatable bonds is 4. The molecule has 1 aromatic rings. The lowest BCUT2D eigenvalue weighted by Crippen LogP contribution is -2.60. The Labute approximate surface area is 195 Å². The summed E-state index contributed by atoms with van der Waals surface area (Å²) in [6, 6.07) is 4.05. The van der Waals surface area contributed by atoms with Gasteiger partial charge >= 0.3 is 0 Å². The summed E-state index contributed by atoms with van der Waals surface area (Å²) < 4.78 is 13.4. The maximum atomic E-state index is 11.3. The minimum atomic E-state index is -0.452. The van der Waals surface area contributed by atoms with E-state index in [9.17, 15) is 10.2 Å². The predicted molar refractivity (Wildman–Crippen MR) is 123 cm³/mol. The van der Waals surface area contributed by atoms with Gasteiger partial charge in [0, 0.05) is 23.0 Å². The SMILES string of the molecule is CC1(C)Oc2cc(C34CC5CC(CC(CN=[N+]=[N-])(C5)O3)C4)cc(O)c2[C@@H]2C[C@H](CO)CC[C@H]21. The standard InChI is InChI=1S/C26H35N3O4/c1-24(2)20-4-3-15(13-30)6-19(20)23-21(31)7-18(8-22(23)32-24)26-11-16-5-17(12-26)10-25(9-16,33-26)14-28-29-27/h7-8,15-17,19-20,30-31H,3-6,9-14H2,1-2H3/t15-,16?,17?,19-,20-,25?,26?/m1/s1. The molecule has 3 aliphatic heterocycles. The maximum Gasteiger partial charge on any atom is 0.127 e. The van der Waals surface area contributed by atoms with Gasteiger partial charge in [-0.1, -0.05) is 5.11 Å². The number of fused-ring (bicyclic) bond motifs is 3. The minimum Gasteiger partial charge on any atom is -0.508 e. The molecule has 0 aromatic heterocycles. The van der Waals surface area contributed by atoms with Gasteiger partial charge in [0.05, 0.1) is 17.7 Å². The highest BCUT2D eigenvalue weighted by Crippen LogP contribution is 2.63. The molecule has 7 heteroatoms. The summed E-state index contributed by atoms with van der Waals surface area (Å²) in [6.07, 6.45) is 7.91. The molecule has 4 bridgehead atoms. The van der Waals surface area contributed by atoms with Crippen molar-refractivity contribution in [3.8, 4) is 11.5 Å². The first-order chi connectivity index (χ1) is 15.8. The number of nitrogens with zero attached hydrogens (tertiary/aromatic N) is 3. The Bertz CT molecular complexity index is 1000. The van der Waals surface area contributed by atoms with Crippen LogP contribution in [0.25, 0.3) is 10.4 Å². The van der Waals surface area contributed by atoms with Gasteiger partial charge in [0.2, 0.25) is 0 Å². The van der Waals surface area contributed by atoms with Crippen molar-refractivity contribution in [1.82, 2.24) is 0 Å². The summed E-state index contributed by atoms with van der Waals surface area (Å²) in [5, 5.41) is 25.1. The molecule has 5 fully saturated rings. The van der Waals surface area contributed by atoms with Crippen LogP contribution in [-0.2, 0) is 10.3 Å². The second-order valence-corrected chi connectivity index (χ2v) is 12.1. The van der Waals surface area contributed by atoms with Gasteiger partial charge in [-0.05, 0) is 112 Å². The number of aliphatic hydroxyl groups is 1. The minimum absolute atomic E-state index is 0.192. The van der Waals surface area contributed by atoms with Gasteiger partial charge in [0.15, 0.2) is 0 Å². The number of ether oxygens (including phenoxy) is 2. The van der Waals surface area contributed by atoms with Gasteiger partial charge in [-0.3, -0.25) is 0 Å². The second-order valence-electron chi connectivity index (χ2n) is 12.1. The average molecular weight is 454 g/mol. The Morgan fingerprint density at radius 2 is 1.88 bits per heavy atom. The van der Waals surface area contributed by atoms with Gasteiger partial charge in [0.25, 0.3) is 0 Å². The lowest BCUT2D eigenvalue weighted by atomic mass is 9.56. The highest BCUT2D eigenvalue weighted by atomic mass is 16.5. The van der Waals surface area contributed by atoms with Crippen molar-refractivity contribution in [1.29, 1.82) is 0 Å². The van der Waals surface area contributed by atoms with E-state index in [4.69, 9.17) is 15.0 Å². The van der Waals surface area contributed by atoms with Crippen LogP contribution in [0.3, 0.4) is 0 Å². The fourth-order valence-electron chi connectivity index (χ4n) is 8.56. The van der Waals surface area contributed by atoms with E-state index in [0.717, 1.165) is 61.8 Å². The topological polar surface area (TPSA) is 108 Å². The molecule has 6 aliphatic rings. The van der Waals surface area contributed by atoms with Gasteiger partial charge < -0.3 is 19.7 Å². The number of phenols is 1. The number of aromatic hydroxyl groups is 1. The highest BCUT2D eigenvalue weighted by Gasteiger charge is 2.59. The van der Waals surface area contributed by atoms with Crippen LogP contribution in [-0.4, -0.2) is 34.6 Å². The zero-order valence-corrected chi connectivity index (χ0v) is 19.7. The van der Waals surface area contributed by atoms with Crippen molar-refractivity contribution in [2.45, 2.75) is 87.9 Å². The number of hydrogen-bond donors (Lipinski definition) is 2. The first-order valence-corrected chi connectivity index (χ1v) is 12.6. The van der Waals surface area contributed by atoms with Crippen molar-refractivity contribution in [3.63, 3.8) is 0 Å². The molecule has 3 aliphatic carbocycles. The third kappa shape index (κ3) is 3.27. The van der Waals surface area contributed by atoms with Gasteiger partial charge in [-0.2, -0.15) is 0 Å². The Kier molecular flexibility index (Phi) is 4.75. The first kappa shape index (κ1) is 21.6. The summed E-state index contributed by atoms with van der Waals surface area (Å²) in [5.74, 6) is 2.99. The van der Waals surface area contributed by atoms with E-state index in [-0.39, 0.29) is 29.6 Å². The molecule has 178 valence electrons. The van der Waals surface area contributed by atoms with Crippen LogP contribution >= 0.6 is 0 Å². The molecule has 2 N–H and O–H groups in total. The summed E-state index contributed by atoms with van der Waals surface area (Å²) >= 11 is 0. The summed E-state index contributed by atoms with van der Waals surface area (Å²) in [6.45, 7) is 4.90. The van der Waals surface area contributed by atoms with E-state index in [1.54, 1.807) is 0 Å². The molecule has 5 atom stereocenters. The monoisotopic (exact) mass is 453 g/mol. The molecule has 33 heavy (non-hydrogen) atoms. The third-order valence-electron chi connectivity index (χ3n) is 9.56. The number of phenolic OH excluding ortho intramolecular Hbond substituents is 1. The molecule has 2 saturated heterocycles. The molecule has 0 radical (unpaired) electrons. The molecule has 7 nitrogen and oxygen atoms in total. The number of benzene rings is 1. The Morgan fingerprint density at radius 3 is 2.58 bits per heavy atom. The van der Waals surface area contributed by atoms with Crippen molar-refractivity contribution in [3.05, 3.63) is 33.7 Å². The van der Waals surface area contributed by atoms with E-state index >= 15 is 0 Å². The van der Waals surface area contributed by atoms with Crippen molar-refractivity contribution < 1.29 is 19.7 Å². The van der Waals surface area contributed by atoms with Gasteiger partial charge in [-0.15, -0.1) is 0 Å². The Morgan fingerprint density at radius 1 is 1.12 bits per heavy atom. The van der Waals surface area contributed by atoms with Crippen molar-refractivity contribution >= 4 is 0 Å². The Balaban J connectivity index is 1.41. The van der Waals surface area contributed by atoms with Crippen LogP contribution in [0.1, 0.15) is 82.3 Å². The zero-order valence-electron chi connectivity index (χ0n) is 19.7. The average Bonchev–Trinajstić information content (AvgIpc) is 2.75. The lowest BCUT2D eigenvalue weighted by molar-refractivity contribution is -0.276. The fraction of sp³-hybridized carbons (Fsp3) is 0.769. The summed E-state index contributed by atoms with van der Waals surface area (Å²) in [7, 11) is 0. The largest absolute Gasteiger partial charge is 0.508 e. The molecule has 7 rings (SSSR count). The lowest BCUT2D eigenvalue weighted by Gasteiger charge is -2.62. The molecular weight excluding hydrogens is 418 g/mol. The molecule has 2 unspecified atom stereocenters. The Hall–Kier alpha value is -1.95. The molecule has 0 amide bonds. The highest BCUT2D eigenvalue weighted by molar-refractivity contribution is 5.53. The number of azide groups is 1. The normalized spacial score (nSPS) is 42.1. The number of hydrogen-bond acceptors (Lipinski definition) is 5. The third-order valence-corrected chi connectivity index (χ3v) is 9.56. The van der Waals surface area contributed by atoms with Crippen LogP contribution in [0.2, 0.25) is 0 Å². The molecular formula is C26H35N3O4. The van der Waals surface area contributed by atoms with E-state index < -0.39 is 5.60 Å². The molecule has 3 heterocycles. The number of aliphatic hydroxyl groups excluding tert-OH is 1. The van der Waals surface area contributed by atoms with Crippen LogP contribution < -0.4 is 4.74 Å². The van der Waals surface area contributed by atoms with Crippen molar-refractivity contribution in [2.24, 2.45) is 28.8 Å².